The van der Waals surface area contributed by atoms with Gasteiger partial charge in [0.05, 0.1) is 4.90 Å². The molecule has 26 heavy (non-hydrogen) atoms. The summed E-state index contributed by atoms with van der Waals surface area (Å²) >= 11 is 0. The average molecular weight is 382 g/mol. The number of nitrogens with zero attached hydrogens (tertiary/aromatic N) is 2. The molecule has 2 rings (SSSR count). The highest BCUT2D eigenvalue weighted by molar-refractivity contribution is 7.89. The molecule has 0 unspecified atom stereocenters. The summed E-state index contributed by atoms with van der Waals surface area (Å²) in [6.07, 6.45) is 6.42. The lowest BCUT2D eigenvalue weighted by atomic mass is 10.2. The number of nitrogens with two attached hydrogens (primary N) is 1. The van der Waals surface area contributed by atoms with Crippen molar-refractivity contribution >= 4 is 16.0 Å². The Labute approximate surface area is 157 Å². The Morgan fingerprint density at radius 1 is 1.19 bits per heavy atom. The van der Waals surface area contributed by atoms with E-state index in [1.54, 1.807) is 19.2 Å². The molecule has 1 aliphatic rings. The summed E-state index contributed by atoms with van der Waals surface area (Å²) in [5.74, 6) is 0.710. The molecule has 0 saturated carbocycles. The zero-order valence-corrected chi connectivity index (χ0v) is 16.4. The van der Waals surface area contributed by atoms with Crippen molar-refractivity contribution in [3.8, 4) is 0 Å². The molecule has 1 saturated heterocycles. The zero-order valence-electron chi connectivity index (χ0n) is 15.6. The molecule has 1 aromatic carbocycles. The molecule has 1 heterocycles. The van der Waals surface area contributed by atoms with Crippen molar-refractivity contribution in [2.24, 2.45) is 10.1 Å². The molecular weight excluding hydrogens is 350 g/mol. The summed E-state index contributed by atoms with van der Waals surface area (Å²) in [5.41, 5.74) is 0.837. The van der Waals surface area contributed by atoms with E-state index in [2.05, 4.69) is 20.5 Å². The summed E-state index contributed by atoms with van der Waals surface area (Å²) in [7, 11) is -1.95. The zero-order chi connectivity index (χ0) is 18.8. The Morgan fingerprint density at radius 2 is 1.92 bits per heavy atom. The van der Waals surface area contributed by atoms with Crippen molar-refractivity contribution in [2.75, 3.05) is 33.2 Å². The molecule has 0 aromatic heterocycles. The van der Waals surface area contributed by atoms with Gasteiger partial charge in [-0.05, 0) is 56.6 Å². The highest BCUT2D eigenvalue weighted by Crippen LogP contribution is 2.10. The van der Waals surface area contributed by atoms with Gasteiger partial charge in [0, 0.05) is 20.1 Å². The number of aliphatic imine (C=N–C) groups is 1. The first-order valence-corrected chi connectivity index (χ1v) is 10.8. The fourth-order valence-corrected chi connectivity index (χ4v) is 3.69. The van der Waals surface area contributed by atoms with E-state index < -0.39 is 10.0 Å². The SMILES string of the molecule is CN=C(NCCCN1CCCCCC1)NCc1cccc(S(N)(=O)=O)c1. The first-order chi connectivity index (χ1) is 12.5. The lowest BCUT2D eigenvalue weighted by Gasteiger charge is -2.20. The molecule has 1 fully saturated rings. The largest absolute Gasteiger partial charge is 0.356 e. The molecular formula is C18H31N5O2S. The predicted molar refractivity (Wildman–Crippen MR) is 106 cm³/mol. The van der Waals surface area contributed by atoms with E-state index in [4.69, 9.17) is 5.14 Å². The number of guanidine groups is 1. The second-order valence-electron chi connectivity index (χ2n) is 6.65. The minimum absolute atomic E-state index is 0.122. The van der Waals surface area contributed by atoms with Crippen LogP contribution in [-0.2, 0) is 16.6 Å². The van der Waals surface area contributed by atoms with Gasteiger partial charge in [-0.25, -0.2) is 13.6 Å². The molecule has 146 valence electrons. The third kappa shape index (κ3) is 7.31. The fourth-order valence-electron chi connectivity index (χ4n) is 3.11. The van der Waals surface area contributed by atoms with Crippen LogP contribution in [0, 0.1) is 0 Å². The summed E-state index contributed by atoms with van der Waals surface area (Å²) < 4.78 is 22.8. The highest BCUT2D eigenvalue weighted by atomic mass is 32.2. The smallest absolute Gasteiger partial charge is 0.238 e. The fraction of sp³-hybridized carbons (Fsp3) is 0.611. The topological polar surface area (TPSA) is 99.8 Å². The molecule has 0 radical (unpaired) electrons. The molecule has 8 heteroatoms. The summed E-state index contributed by atoms with van der Waals surface area (Å²) in [4.78, 5) is 6.88. The van der Waals surface area contributed by atoms with Gasteiger partial charge in [-0.1, -0.05) is 25.0 Å². The van der Waals surface area contributed by atoms with Crippen LogP contribution < -0.4 is 15.8 Å². The molecule has 0 atom stereocenters. The highest BCUT2D eigenvalue weighted by Gasteiger charge is 2.09. The van der Waals surface area contributed by atoms with Gasteiger partial charge in [-0.15, -0.1) is 0 Å². The lowest BCUT2D eigenvalue weighted by Crippen LogP contribution is -2.38. The van der Waals surface area contributed by atoms with Gasteiger partial charge in [-0.3, -0.25) is 4.99 Å². The quantitative estimate of drug-likeness (QED) is 0.375. The van der Waals surface area contributed by atoms with Crippen LogP contribution in [0.15, 0.2) is 34.2 Å². The van der Waals surface area contributed by atoms with Crippen LogP contribution in [0.4, 0.5) is 0 Å². The van der Waals surface area contributed by atoms with E-state index in [1.165, 1.54) is 44.8 Å². The van der Waals surface area contributed by atoms with E-state index in [0.717, 1.165) is 25.1 Å². The summed E-state index contributed by atoms with van der Waals surface area (Å²) in [6.45, 7) is 4.88. The maximum Gasteiger partial charge on any atom is 0.238 e. The number of primary sulfonamides is 1. The average Bonchev–Trinajstić information content (AvgIpc) is 2.89. The second kappa shape index (κ2) is 10.5. The van der Waals surface area contributed by atoms with Crippen molar-refractivity contribution in [2.45, 2.75) is 43.5 Å². The number of rotatable bonds is 7. The first kappa shape index (κ1) is 20.7. The van der Waals surface area contributed by atoms with Crippen LogP contribution in [0.3, 0.4) is 0 Å². The number of sulfonamides is 1. The predicted octanol–water partition coefficient (Wildman–Crippen LogP) is 1.27. The molecule has 1 aromatic rings. The number of nitrogens with one attached hydrogen (secondary N) is 2. The van der Waals surface area contributed by atoms with E-state index in [0.29, 0.717) is 12.5 Å². The Hall–Kier alpha value is -1.64. The van der Waals surface area contributed by atoms with E-state index in [-0.39, 0.29) is 4.90 Å². The molecule has 1 aliphatic heterocycles. The normalized spacial score (nSPS) is 16.9. The number of benzene rings is 1. The van der Waals surface area contributed by atoms with E-state index >= 15 is 0 Å². The van der Waals surface area contributed by atoms with Gasteiger partial charge >= 0.3 is 0 Å². The minimum Gasteiger partial charge on any atom is -0.356 e. The number of likely N-dealkylation sites (tertiary alicyclic amines) is 1. The van der Waals surface area contributed by atoms with Crippen LogP contribution >= 0.6 is 0 Å². The second-order valence-corrected chi connectivity index (χ2v) is 8.22. The van der Waals surface area contributed by atoms with Gasteiger partial charge in [0.15, 0.2) is 5.96 Å². The monoisotopic (exact) mass is 381 g/mol. The summed E-state index contributed by atoms with van der Waals surface area (Å²) in [5, 5.41) is 11.7. The molecule has 0 amide bonds. The molecule has 0 bridgehead atoms. The van der Waals surface area contributed by atoms with E-state index in [1.807, 2.05) is 6.07 Å². The Morgan fingerprint density at radius 3 is 2.58 bits per heavy atom. The van der Waals surface area contributed by atoms with E-state index in [9.17, 15) is 8.42 Å². The number of hydrogen-bond donors (Lipinski definition) is 3. The number of hydrogen-bond acceptors (Lipinski definition) is 4. The molecule has 4 N–H and O–H groups in total. The van der Waals surface area contributed by atoms with Crippen LogP contribution in [-0.4, -0.2) is 52.5 Å². The van der Waals surface area contributed by atoms with Crippen LogP contribution in [0.2, 0.25) is 0 Å². The van der Waals surface area contributed by atoms with Gasteiger partial charge in [0.1, 0.15) is 0 Å². The van der Waals surface area contributed by atoms with Crippen molar-refractivity contribution in [3.63, 3.8) is 0 Å². The third-order valence-electron chi connectivity index (χ3n) is 4.55. The van der Waals surface area contributed by atoms with Crippen molar-refractivity contribution < 1.29 is 8.42 Å². The van der Waals surface area contributed by atoms with Gasteiger partial charge in [0.25, 0.3) is 0 Å². The molecule has 7 nitrogen and oxygen atoms in total. The Bertz CT molecular complexity index is 683. The molecule has 0 aliphatic carbocycles. The Balaban J connectivity index is 1.72. The maximum absolute atomic E-state index is 11.4. The van der Waals surface area contributed by atoms with Crippen molar-refractivity contribution in [1.29, 1.82) is 0 Å². The molecule has 0 spiro atoms. The van der Waals surface area contributed by atoms with Crippen LogP contribution in [0.5, 0.6) is 0 Å². The lowest BCUT2D eigenvalue weighted by molar-refractivity contribution is 0.282. The van der Waals surface area contributed by atoms with Gasteiger partial charge in [0.2, 0.25) is 10.0 Å². The Kier molecular flexibility index (Phi) is 8.34. The minimum atomic E-state index is -3.68. The van der Waals surface area contributed by atoms with Crippen molar-refractivity contribution in [3.05, 3.63) is 29.8 Å². The maximum atomic E-state index is 11.4. The van der Waals surface area contributed by atoms with Crippen LogP contribution in [0.1, 0.15) is 37.7 Å². The third-order valence-corrected chi connectivity index (χ3v) is 5.46. The first-order valence-electron chi connectivity index (χ1n) is 9.27. The summed E-state index contributed by atoms with van der Waals surface area (Å²) in [6, 6.07) is 6.62. The standard InChI is InChI=1S/C18H31N5O2S/c1-20-18(21-10-7-13-23-11-4-2-3-5-12-23)22-15-16-8-6-9-17(14-16)26(19,24)25/h6,8-9,14H,2-5,7,10-13,15H2,1H3,(H2,19,24,25)(H2,20,21,22). The van der Waals surface area contributed by atoms with Gasteiger partial charge in [-0.2, -0.15) is 0 Å². The van der Waals surface area contributed by atoms with Crippen LogP contribution in [0.25, 0.3) is 0 Å². The van der Waals surface area contributed by atoms with Crippen molar-refractivity contribution in [1.82, 2.24) is 15.5 Å². The van der Waals surface area contributed by atoms with Gasteiger partial charge < -0.3 is 15.5 Å².